The predicted octanol–water partition coefficient (Wildman–Crippen LogP) is 2.59. The van der Waals surface area contributed by atoms with E-state index in [9.17, 15) is 4.79 Å². The van der Waals surface area contributed by atoms with Gasteiger partial charge in [0.25, 0.3) is 0 Å². The number of nitrogens with one attached hydrogen (secondary N) is 1. The molecule has 0 saturated heterocycles. The van der Waals surface area contributed by atoms with Crippen LogP contribution in [0.25, 0.3) is 0 Å². The second-order valence-electron chi connectivity index (χ2n) is 5.38. The number of hydrogen-bond donors (Lipinski definition) is 1. The molecule has 4 nitrogen and oxygen atoms in total. The van der Waals surface area contributed by atoms with E-state index >= 15 is 0 Å². The summed E-state index contributed by atoms with van der Waals surface area (Å²) in [4.78, 5) is 11.2. The van der Waals surface area contributed by atoms with Gasteiger partial charge < -0.3 is 14.5 Å². The lowest BCUT2D eigenvalue weighted by Gasteiger charge is -2.19. The van der Waals surface area contributed by atoms with E-state index in [-0.39, 0.29) is 5.76 Å². The number of furan rings is 1. The number of carbonyl (C=O) groups excluding carboxylic acids is 1. The van der Waals surface area contributed by atoms with Crippen molar-refractivity contribution in [3.05, 3.63) is 23.7 Å². The normalized spacial score (nSPS) is 16.9. The van der Waals surface area contributed by atoms with Crippen LogP contribution in [0.5, 0.6) is 0 Å². The first kappa shape index (κ1) is 13.1. The van der Waals surface area contributed by atoms with Crippen LogP contribution in [0.15, 0.2) is 16.5 Å². The zero-order valence-electron chi connectivity index (χ0n) is 11.3. The first-order chi connectivity index (χ1) is 8.57. The van der Waals surface area contributed by atoms with Gasteiger partial charge in [-0.05, 0) is 36.3 Å². The fraction of sp³-hybridized carbons (Fsp3) is 0.643. The minimum atomic E-state index is -0.429. The van der Waals surface area contributed by atoms with Gasteiger partial charge in [0.1, 0.15) is 5.76 Å². The summed E-state index contributed by atoms with van der Waals surface area (Å²) in [6.07, 6.45) is 2.62. The van der Waals surface area contributed by atoms with Crippen LogP contribution in [0.1, 0.15) is 43.0 Å². The Morgan fingerprint density at radius 3 is 2.78 bits per heavy atom. The molecule has 100 valence electrons. The molecule has 0 aromatic carbocycles. The highest BCUT2D eigenvalue weighted by Gasteiger charge is 2.44. The van der Waals surface area contributed by atoms with E-state index in [2.05, 4.69) is 23.9 Å². The Kier molecular flexibility index (Phi) is 3.76. The molecule has 1 aromatic heterocycles. The van der Waals surface area contributed by atoms with E-state index in [4.69, 9.17) is 4.42 Å². The molecule has 0 aliphatic heterocycles. The molecular weight excluding hydrogens is 230 g/mol. The molecule has 18 heavy (non-hydrogen) atoms. The van der Waals surface area contributed by atoms with Crippen LogP contribution < -0.4 is 5.32 Å². The minimum absolute atomic E-state index is 0.263. The van der Waals surface area contributed by atoms with E-state index in [0.29, 0.717) is 17.9 Å². The van der Waals surface area contributed by atoms with Crippen molar-refractivity contribution in [1.82, 2.24) is 5.32 Å². The third kappa shape index (κ3) is 2.75. The average molecular weight is 251 g/mol. The van der Waals surface area contributed by atoms with Crippen LogP contribution in [-0.2, 0) is 11.3 Å². The maximum atomic E-state index is 11.2. The fourth-order valence-electron chi connectivity index (χ4n) is 2.24. The molecule has 0 spiro atoms. The van der Waals surface area contributed by atoms with Gasteiger partial charge >= 0.3 is 5.97 Å². The molecule has 4 heteroatoms. The minimum Gasteiger partial charge on any atom is -0.463 e. The Bertz CT molecular complexity index is 418. The SMILES string of the molecule is COC(=O)c1ccc(CNCC2(C(C)C)CC2)o1. The van der Waals surface area contributed by atoms with Crippen molar-refractivity contribution in [2.24, 2.45) is 11.3 Å². The maximum absolute atomic E-state index is 11.2. The molecule has 1 aromatic rings. The Labute approximate surface area is 108 Å². The lowest BCUT2D eigenvalue weighted by atomic mass is 9.92. The lowest BCUT2D eigenvalue weighted by molar-refractivity contribution is 0.0563. The molecule has 1 aliphatic rings. The summed E-state index contributed by atoms with van der Waals surface area (Å²) in [5.74, 6) is 1.32. The Hall–Kier alpha value is -1.29. The van der Waals surface area contributed by atoms with Crippen molar-refractivity contribution in [2.75, 3.05) is 13.7 Å². The predicted molar refractivity (Wildman–Crippen MR) is 68.3 cm³/mol. The molecule has 1 saturated carbocycles. The smallest absolute Gasteiger partial charge is 0.373 e. The summed E-state index contributed by atoms with van der Waals surface area (Å²) in [5.41, 5.74) is 0.484. The molecular formula is C14H21NO3. The topological polar surface area (TPSA) is 51.5 Å². The zero-order valence-corrected chi connectivity index (χ0v) is 11.3. The van der Waals surface area contributed by atoms with Crippen molar-refractivity contribution in [2.45, 2.75) is 33.2 Å². The maximum Gasteiger partial charge on any atom is 0.373 e. The van der Waals surface area contributed by atoms with Crippen molar-refractivity contribution in [3.8, 4) is 0 Å². The molecule has 0 atom stereocenters. The van der Waals surface area contributed by atoms with Crippen LogP contribution in [0.4, 0.5) is 0 Å². The first-order valence-corrected chi connectivity index (χ1v) is 6.45. The molecule has 0 bridgehead atoms. The summed E-state index contributed by atoms with van der Waals surface area (Å²) < 4.78 is 9.99. The molecule has 2 rings (SSSR count). The van der Waals surface area contributed by atoms with Crippen LogP contribution in [0, 0.1) is 11.3 Å². The molecule has 0 amide bonds. The summed E-state index contributed by atoms with van der Waals surface area (Å²) >= 11 is 0. The van der Waals surface area contributed by atoms with E-state index < -0.39 is 5.97 Å². The molecule has 0 unspecified atom stereocenters. The number of ether oxygens (including phenoxy) is 1. The van der Waals surface area contributed by atoms with Crippen LogP contribution in [0.2, 0.25) is 0 Å². The summed E-state index contributed by atoms with van der Waals surface area (Å²) in [6, 6.07) is 3.46. The molecule has 1 N–H and O–H groups in total. The third-order valence-corrected chi connectivity index (χ3v) is 3.94. The standard InChI is InChI=1S/C14H21NO3/c1-10(2)14(6-7-14)9-15-8-11-4-5-12(18-11)13(16)17-3/h4-5,10,15H,6-9H2,1-3H3. The quantitative estimate of drug-likeness (QED) is 0.790. The van der Waals surface area contributed by atoms with Gasteiger partial charge in [0.15, 0.2) is 0 Å². The Balaban J connectivity index is 1.80. The highest BCUT2D eigenvalue weighted by molar-refractivity contribution is 5.86. The van der Waals surface area contributed by atoms with E-state index in [1.54, 1.807) is 6.07 Å². The third-order valence-electron chi connectivity index (χ3n) is 3.94. The zero-order chi connectivity index (χ0) is 13.2. The van der Waals surface area contributed by atoms with Gasteiger partial charge in [0, 0.05) is 6.54 Å². The summed E-state index contributed by atoms with van der Waals surface area (Å²) in [5, 5.41) is 3.41. The number of rotatable bonds is 6. The first-order valence-electron chi connectivity index (χ1n) is 6.45. The monoisotopic (exact) mass is 251 g/mol. The second-order valence-corrected chi connectivity index (χ2v) is 5.38. The van der Waals surface area contributed by atoms with Gasteiger partial charge in [0.05, 0.1) is 13.7 Å². The largest absolute Gasteiger partial charge is 0.463 e. The molecule has 0 radical (unpaired) electrons. The van der Waals surface area contributed by atoms with Crippen molar-refractivity contribution >= 4 is 5.97 Å². The van der Waals surface area contributed by atoms with Crippen LogP contribution in [0.3, 0.4) is 0 Å². The average Bonchev–Trinajstić information content (AvgIpc) is 3.00. The van der Waals surface area contributed by atoms with E-state index in [1.807, 2.05) is 6.07 Å². The van der Waals surface area contributed by atoms with E-state index in [1.165, 1.54) is 20.0 Å². The van der Waals surface area contributed by atoms with Crippen LogP contribution in [-0.4, -0.2) is 19.6 Å². The summed E-state index contributed by atoms with van der Waals surface area (Å²) in [7, 11) is 1.35. The van der Waals surface area contributed by atoms with Gasteiger partial charge in [-0.2, -0.15) is 0 Å². The Morgan fingerprint density at radius 1 is 1.50 bits per heavy atom. The number of methoxy groups -OCH3 is 1. The van der Waals surface area contributed by atoms with E-state index in [0.717, 1.165) is 12.3 Å². The fourth-order valence-corrected chi connectivity index (χ4v) is 2.24. The number of hydrogen-bond acceptors (Lipinski definition) is 4. The second kappa shape index (κ2) is 5.14. The lowest BCUT2D eigenvalue weighted by Crippen LogP contribution is -2.27. The van der Waals surface area contributed by atoms with Gasteiger partial charge in [-0.15, -0.1) is 0 Å². The van der Waals surface area contributed by atoms with Gasteiger partial charge in [-0.1, -0.05) is 13.8 Å². The van der Waals surface area contributed by atoms with Crippen molar-refractivity contribution in [3.63, 3.8) is 0 Å². The Morgan fingerprint density at radius 2 is 2.22 bits per heavy atom. The van der Waals surface area contributed by atoms with Gasteiger partial charge in [-0.25, -0.2) is 4.79 Å². The van der Waals surface area contributed by atoms with Gasteiger partial charge in [-0.3, -0.25) is 0 Å². The van der Waals surface area contributed by atoms with Crippen molar-refractivity contribution in [1.29, 1.82) is 0 Å². The highest BCUT2D eigenvalue weighted by Crippen LogP contribution is 2.51. The molecule has 1 aliphatic carbocycles. The van der Waals surface area contributed by atoms with Crippen molar-refractivity contribution < 1.29 is 13.9 Å². The number of carbonyl (C=O) groups is 1. The van der Waals surface area contributed by atoms with Crippen LogP contribution >= 0.6 is 0 Å². The van der Waals surface area contributed by atoms with Gasteiger partial charge in [0.2, 0.25) is 5.76 Å². The highest BCUT2D eigenvalue weighted by atomic mass is 16.5. The summed E-state index contributed by atoms with van der Waals surface area (Å²) in [6.45, 7) is 6.22. The molecule has 1 heterocycles. The molecule has 1 fully saturated rings. The number of esters is 1.